The molecule has 1 aliphatic heterocycles. The van der Waals surface area contributed by atoms with Gasteiger partial charge in [-0.25, -0.2) is 0 Å². The van der Waals surface area contributed by atoms with Gasteiger partial charge >= 0.3 is 0 Å². The predicted octanol–water partition coefficient (Wildman–Crippen LogP) is 1.95. The van der Waals surface area contributed by atoms with Crippen LogP contribution in [0, 0.1) is 16.7 Å². The third-order valence-corrected chi connectivity index (χ3v) is 2.92. The first-order chi connectivity index (χ1) is 7.94. The molecule has 0 saturated carbocycles. The highest BCUT2D eigenvalue weighted by Crippen LogP contribution is 2.22. The Balaban J connectivity index is 2.38. The molecule has 0 spiro atoms. The molecule has 1 unspecified atom stereocenters. The fourth-order valence-corrected chi connectivity index (χ4v) is 1.92. The van der Waals surface area contributed by atoms with Gasteiger partial charge in [0.1, 0.15) is 6.04 Å². The van der Waals surface area contributed by atoms with Gasteiger partial charge in [-0.1, -0.05) is 20.8 Å². The Bertz CT molecular complexity index is 302. The van der Waals surface area contributed by atoms with E-state index in [0.29, 0.717) is 26.2 Å². The number of carbonyl (C=O) groups is 1. The maximum atomic E-state index is 12.0. The van der Waals surface area contributed by atoms with Crippen molar-refractivity contribution in [3.05, 3.63) is 0 Å². The minimum absolute atomic E-state index is 0.0871. The summed E-state index contributed by atoms with van der Waals surface area (Å²) in [6.45, 7) is 7.95. The van der Waals surface area contributed by atoms with Gasteiger partial charge in [0, 0.05) is 13.0 Å². The first kappa shape index (κ1) is 14.0. The fraction of sp³-hybridized carbons (Fsp3) is 0.846. The Kier molecular flexibility index (Phi) is 4.95. The van der Waals surface area contributed by atoms with E-state index in [-0.39, 0.29) is 11.3 Å². The molecule has 0 aromatic rings. The van der Waals surface area contributed by atoms with Gasteiger partial charge in [0.25, 0.3) is 0 Å². The number of rotatable bonds is 3. The summed E-state index contributed by atoms with van der Waals surface area (Å²) in [6, 6.07) is 1.72. The third-order valence-electron chi connectivity index (χ3n) is 2.92. The molecule has 1 amide bonds. The lowest BCUT2D eigenvalue weighted by atomic mass is 9.90. The lowest BCUT2D eigenvalue weighted by Gasteiger charge is -2.31. The SMILES string of the molecule is CC(C)(C)CCCC(=O)N1CCOCC1C#N. The lowest BCUT2D eigenvalue weighted by molar-refractivity contribution is -0.137. The number of nitrogens with zero attached hydrogens (tertiary/aromatic N) is 2. The third kappa shape index (κ3) is 4.74. The van der Waals surface area contributed by atoms with Crippen LogP contribution in [0.5, 0.6) is 0 Å². The largest absolute Gasteiger partial charge is 0.376 e. The summed E-state index contributed by atoms with van der Waals surface area (Å²) in [6.07, 6.45) is 2.45. The highest BCUT2D eigenvalue weighted by Gasteiger charge is 2.26. The fourth-order valence-electron chi connectivity index (χ4n) is 1.92. The first-order valence-electron chi connectivity index (χ1n) is 6.21. The van der Waals surface area contributed by atoms with Crippen LogP contribution >= 0.6 is 0 Å². The molecule has 0 aliphatic carbocycles. The molecule has 4 nitrogen and oxygen atoms in total. The summed E-state index contributed by atoms with van der Waals surface area (Å²) in [5, 5.41) is 8.94. The molecule has 96 valence electrons. The van der Waals surface area contributed by atoms with Crippen molar-refractivity contribution in [1.82, 2.24) is 4.90 Å². The Labute approximate surface area is 104 Å². The molecule has 0 aromatic heterocycles. The van der Waals surface area contributed by atoms with E-state index < -0.39 is 6.04 Å². The topological polar surface area (TPSA) is 53.3 Å². The second kappa shape index (κ2) is 6.02. The molecule has 1 saturated heterocycles. The zero-order valence-corrected chi connectivity index (χ0v) is 11.0. The normalized spacial score (nSPS) is 21.1. The molecule has 1 rings (SSSR count). The van der Waals surface area contributed by atoms with Crippen molar-refractivity contribution in [3.63, 3.8) is 0 Å². The van der Waals surface area contributed by atoms with Crippen LogP contribution in [0.4, 0.5) is 0 Å². The van der Waals surface area contributed by atoms with Gasteiger partial charge in [-0.2, -0.15) is 5.26 Å². The molecular formula is C13H22N2O2. The number of nitriles is 1. The van der Waals surface area contributed by atoms with Gasteiger partial charge in [0.2, 0.25) is 5.91 Å². The second-order valence-corrected chi connectivity index (χ2v) is 5.72. The summed E-state index contributed by atoms with van der Waals surface area (Å²) < 4.78 is 5.20. The van der Waals surface area contributed by atoms with Crippen molar-refractivity contribution in [2.45, 2.75) is 46.1 Å². The van der Waals surface area contributed by atoms with Gasteiger partial charge in [-0.3, -0.25) is 4.79 Å². The van der Waals surface area contributed by atoms with E-state index >= 15 is 0 Å². The van der Waals surface area contributed by atoms with Crippen LogP contribution in [0.3, 0.4) is 0 Å². The summed E-state index contributed by atoms with van der Waals surface area (Å²) in [5.74, 6) is 0.0871. The molecule has 4 heteroatoms. The first-order valence-corrected chi connectivity index (χ1v) is 6.21. The number of ether oxygens (including phenoxy) is 1. The molecule has 17 heavy (non-hydrogen) atoms. The summed E-state index contributed by atoms with van der Waals surface area (Å²) in [7, 11) is 0. The number of hydrogen-bond acceptors (Lipinski definition) is 3. The Hall–Kier alpha value is -1.08. The monoisotopic (exact) mass is 238 g/mol. The van der Waals surface area contributed by atoms with Crippen molar-refractivity contribution in [1.29, 1.82) is 5.26 Å². The van der Waals surface area contributed by atoms with Crippen molar-refractivity contribution in [2.24, 2.45) is 5.41 Å². The molecule has 0 radical (unpaired) electrons. The van der Waals surface area contributed by atoms with Crippen LogP contribution in [0.15, 0.2) is 0 Å². The minimum Gasteiger partial charge on any atom is -0.376 e. The van der Waals surface area contributed by atoms with E-state index in [0.717, 1.165) is 12.8 Å². The Morgan fingerprint density at radius 1 is 1.53 bits per heavy atom. The van der Waals surface area contributed by atoms with E-state index in [2.05, 4.69) is 26.8 Å². The van der Waals surface area contributed by atoms with Crippen LogP contribution in [0.1, 0.15) is 40.0 Å². The van der Waals surface area contributed by atoms with Crippen molar-refractivity contribution < 1.29 is 9.53 Å². The minimum atomic E-state index is -0.397. The van der Waals surface area contributed by atoms with Gasteiger partial charge in [0.15, 0.2) is 0 Å². The van der Waals surface area contributed by atoms with E-state index in [1.165, 1.54) is 0 Å². The average molecular weight is 238 g/mol. The predicted molar refractivity (Wildman–Crippen MR) is 65.2 cm³/mol. The highest BCUT2D eigenvalue weighted by atomic mass is 16.5. The number of morpholine rings is 1. The number of carbonyl (C=O) groups excluding carboxylic acids is 1. The lowest BCUT2D eigenvalue weighted by Crippen LogP contribution is -2.47. The highest BCUT2D eigenvalue weighted by molar-refractivity contribution is 5.77. The van der Waals surface area contributed by atoms with Crippen molar-refractivity contribution >= 4 is 5.91 Å². The molecule has 0 bridgehead atoms. The Morgan fingerprint density at radius 2 is 2.24 bits per heavy atom. The Morgan fingerprint density at radius 3 is 2.82 bits per heavy atom. The molecule has 1 atom stereocenters. The summed E-state index contributed by atoms with van der Waals surface area (Å²) in [5.41, 5.74) is 0.264. The zero-order chi connectivity index (χ0) is 12.9. The summed E-state index contributed by atoms with van der Waals surface area (Å²) >= 11 is 0. The number of amides is 1. The molecule has 0 aromatic carbocycles. The van der Waals surface area contributed by atoms with E-state index in [9.17, 15) is 4.79 Å². The van der Waals surface area contributed by atoms with Crippen molar-refractivity contribution in [3.8, 4) is 6.07 Å². The standard InChI is InChI=1S/C13H22N2O2/c1-13(2,3)6-4-5-12(16)15-7-8-17-10-11(15)9-14/h11H,4-8,10H2,1-3H3. The number of hydrogen-bond donors (Lipinski definition) is 0. The van der Waals surface area contributed by atoms with Crippen LogP contribution in [0.2, 0.25) is 0 Å². The van der Waals surface area contributed by atoms with Gasteiger partial charge in [-0.15, -0.1) is 0 Å². The van der Waals surface area contributed by atoms with Crippen LogP contribution in [-0.4, -0.2) is 36.6 Å². The molecule has 1 heterocycles. The maximum absolute atomic E-state index is 12.0. The van der Waals surface area contributed by atoms with Gasteiger partial charge < -0.3 is 9.64 Å². The van der Waals surface area contributed by atoms with Gasteiger partial charge in [-0.05, 0) is 18.3 Å². The van der Waals surface area contributed by atoms with E-state index in [1.54, 1.807) is 4.90 Å². The second-order valence-electron chi connectivity index (χ2n) is 5.72. The zero-order valence-electron chi connectivity index (χ0n) is 11.0. The van der Waals surface area contributed by atoms with Crippen molar-refractivity contribution in [2.75, 3.05) is 19.8 Å². The summed E-state index contributed by atoms with van der Waals surface area (Å²) in [4.78, 5) is 13.6. The van der Waals surface area contributed by atoms with Gasteiger partial charge in [0.05, 0.1) is 19.3 Å². The maximum Gasteiger partial charge on any atom is 0.223 e. The average Bonchev–Trinajstić information content (AvgIpc) is 2.27. The molecule has 1 aliphatic rings. The van der Waals surface area contributed by atoms with Crippen LogP contribution < -0.4 is 0 Å². The van der Waals surface area contributed by atoms with E-state index in [1.807, 2.05) is 0 Å². The molecule has 1 fully saturated rings. The molecule has 0 N–H and O–H groups in total. The molecular weight excluding hydrogens is 216 g/mol. The smallest absolute Gasteiger partial charge is 0.223 e. The van der Waals surface area contributed by atoms with Crippen LogP contribution in [-0.2, 0) is 9.53 Å². The van der Waals surface area contributed by atoms with E-state index in [4.69, 9.17) is 10.00 Å². The quantitative estimate of drug-likeness (QED) is 0.755. The van der Waals surface area contributed by atoms with Crippen LogP contribution in [0.25, 0.3) is 0 Å².